The van der Waals surface area contributed by atoms with E-state index in [4.69, 9.17) is 23.2 Å². The Morgan fingerprint density at radius 2 is 1.21 bits per heavy atom. The Morgan fingerprint density at radius 3 is 1.58 bits per heavy atom. The van der Waals surface area contributed by atoms with Crippen LogP contribution in [0.4, 0.5) is 0 Å². The van der Waals surface area contributed by atoms with Gasteiger partial charge < -0.3 is 16.6 Å². The number of aromatic carboxylic acids is 2. The molecule has 0 bridgehead atoms. The first kappa shape index (κ1) is 30.3. The summed E-state index contributed by atoms with van der Waals surface area (Å²) in [7, 11) is 0. The van der Waals surface area contributed by atoms with E-state index in [0.717, 1.165) is 39.0 Å². The Labute approximate surface area is 239 Å². The molecule has 12 heteroatoms. The van der Waals surface area contributed by atoms with Crippen molar-refractivity contribution in [3.05, 3.63) is 63.5 Å². The summed E-state index contributed by atoms with van der Waals surface area (Å²) < 4.78 is 0. The first-order chi connectivity index (χ1) is 14.8. The van der Waals surface area contributed by atoms with Crippen molar-refractivity contribution in [2.75, 3.05) is 26.2 Å². The van der Waals surface area contributed by atoms with Gasteiger partial charge in [-0.1, -0.05) is 23.2 Å². The van der Waals surface area contributed by atoms with Crippen LogP contribution >= 0.6 is 35.6 Å². The van der Waals surface area contributed by atoms with Gasteiger partial charge in [-0.3, -0.25) is 9.80 Å². The topological polar surface area (TPSA) is 107 Å². The smallest absolute Gasteiger partial charge is 0.477 e. The summed E-state index contributed by atoms with van der Waals surface area (Å²) in [6.45, 7) is 4.09. The van der Waals surface area contributed by atoms with E-state index in [9.17, 15) is 19.8 Å². The Kier molecular flexibility index (Phi) is 13.5. The number of hydrogen-bond acceptors (Lipinski definition) is 6. The molecule has 0 aromatic carbocycles. The van der Waals surface area contributed by atoms with E-state index in [1.54, 1.807) is 12.1 Å². The molecule has 1 saturated heterocycles. The van der Waals surface area contributed by atoms with Crippen molar-refractivity contribution in [1.82, 2.24) is 19.8 Å². The number of hydrogen-bond donors (Lipinski definition) is 2. The SMILES string of the molecule is Cl.O=C(O)c1cc(Cl)cc(CN2CC[CH-]CCN(Cc3cc(Cl)cc(C(=O)O)n3)CC2)n1.[Tb+3]. The van der Waals surface area contributed by atoms with Gasteiger partial charge >= 0.3 is 50.6 Å². The maximum atomic E-state index is 11.3. The predicted molar refractivity (Wildman–Crippen MR) is 124 cm³/mol. The second kappa shape index (κ2) is 14.7. The molecule has 0 spiro atoms. The number of carboxylic acid groups (broad SMARTS) is 2. The Balaban J connectivity index is 0.00000272. The van der Waals surface area contributed by atoms with E-state index >= 15 is 0 Å². The van der Waals surface area contributed by atoms with Gasteiger partial charge in [-0.25, -0.2) is 19.6 Å². The van der Waals surface area contributed by atoms with E-state index in [-0.39, 0.29) is 62.4 Å². The van der Waals surface area contributed by atoms with Crippen LogP contribution in [0.3, 0.4) is 0 Å². The van der Waals surface area contributed by atoms with E-state index in [1.165, 1.54) is 12.1 Å². The van der Waals surface area contributed by atoms with Gasteiger partial charge in [0.2, 0.25) is 0 Å². The molecular weight excluding hydrogens is 638 g/mol. The second-order valence-corrected chi connectivity index (χ2v) is 8.23. The quantitative estimate of drug-likeness (QED) is 0.450. The molecule has 0 radical (unpaired) electrons. The molecule has 1 fully saturated rings. The van der Waals surface area contributed by atoms with Gasteiger partial charge in [-0.15, -0.1) is 12.4 Å². The summed E-state index contributed by atoms with van der Waals surface area (Å²) in [5, 5.41) is 19.1. The van der Waals surface area contributed by atoms with Crippen molar-refractivity contribution < 1.29 is 58.4 Å². The number of pyridine rings is 2. The summed E-state index contributed by atoms with van der Waals surface area (Å²) in [5.41, 5.74) is 1.08. The number of aromatic nitrogens is 2. The summed E-state index contributed by atoms with van der Waals surface area (Å²) in [6, 6.07) is 6.05. The fraction of sp³-hybridized carbons (Fsp3) is 0.381. The average Bonchev–Trinajstić information content (AvgIpc) is 2.80. The first-order valence-corrected chi connectivity index (χ1v) is 10.6. The van der Waals surface area contributed by atoms with Gasteiger partial charge in [0.15, 0.2) is 0 Å². The van der Waals surface area contributed by atoms with Crippen molar-refractivity contribution in [1.29, 1.82) is 0 Å². The van der Waals surface area contributed by atoms with Gasteiger partial charge in [-0.05, 0) is 37.4 Å². The van der Waals surface area contributed by atoms with Gasteiger partial charge in [0.25, 0.3) is 0 Å². The van der Waals surface area contributed by atoms with Crippen LogP contribution in [-0.4, -0.2) is 68.1 Å². The van der Waals surface area contributed by atoms with Crippen LogP contribution in [0.5, 0.6) is 0 Å². The number of halogens is 3. The van der Waals surface area contributed by atoms with Crippen molar-refractivity contribution in [3.8, 4) is 0 Å². The molecule has 1 aliphatic heterocycles. The molecule has 33 heavy (non-hydrogen) atoms. The third kappa shape index (κ3) is 9.83. The molecule has 2 N–H and O–H groups in total. The van der Waals surface area contributed by atoms with Crippen LogP contribution in [0.1, 0.15) is 45.2 Å². The van der Waals surface area contributed by atoms with Gasteiger partial charge in [0.1, 0.15) is 11.4 Å². The first-order valence-electron chi connectivity index (χ1n) is 9.86. The van der Waals surface area contributed by atoms with Gasteiger partial charge in [0, 0.05) is 36.2 Å². The van der Waals surface area contributed by atoms with Crippen molar-refractivity contribution in [2.24, 2.45) is 0 Å². The Morgan fingerprint density at radius 1 is 0.818 bits per heavy atom. The van der Waals surface area contributed by atoms with Crippen LogP contribution in [0.25, 0.3) is 0 Å². The van der Waals surface area contributed by atoms with Crippen LogP contribution in [0.15, 0.2) is 24.3 Å². The van der Waals surface area contributed by atoms with E-state index in [2.05, 4.69) is 26.2 Å². The van der Waals surface area contributed by atoms with Crippen LogP contribution in [0, 0.1) is 45.0 Å². The fourth-order valence-electron chi connectivity index (χ4n) is 3.46. The Bertz CT molecular complexity index is 892. The summed E-state index contributed by atoms with van der Waals surface area (Å²) in [6.07, 6.45) is 4.02. The largest absolute Gasteiger partial charge is 3.00 e. The minimum absolute atomic E-state index is 0. The zero-order valence-corrected chi connectivity index (χ0v) is 22.0. The molecule has 0 amide bonds. The van der Waals surface area contributed by atoms with E-state index in [0.29, 0.717) is 34.5 Å². The van der Waals surface area contributed by atoms with Crippen molar-refractivity contribution in [3.63, 3.8) is 0 Å². The van der Waals surface area contributed by atoms with Crippen LogP contribution in [-0.2, 0) is 13.1 Å². The second-order valence-electron chi connectivity index (χ2n) is 7.35. The molecule has 8 nitrogen and oxygen atoms in total. The van der Waals surface area contributed by atoms with Crippen LogP contribution < -0.4 is 0 Å². The molecule has 0 atom stereocenters. The molecule has 0 saturated carbocycles. The summed E-state index contributed by atoms with van der Waals surface area (Å²) in [4.78, 5) is 35.3. The summed E-state index contributed by atoms with van der Waals surface area (Å²) >= 11 is 12.1. The fourth-order valence-corrected chi connectivity index (χ4v) is 3.91. The van der Waals surface area contributed by atoms with Crippen molar-refractivity contribution in [2.45, 2.75) is 25.9 Å². The van der Waals surface area contributed by atoms with E-state index < -0.39 is 11.9 Å². The standard InChI is InChI=1S/C21H23Cl2N4O4.ClH.Tb/c22-14-8-16(24-18(10-14)20(28)29)12-26-4-2-1-3-5-27(7-6-26)13-17-9-15(23)11-19(25-17)21(30)31;;/h1,8-11H,2-7,12-13H2,(H,28,29)(H,30,31);1H;/q-1;;+3. The molecule has 2 aromatic rings. The maximum Gasteiger partial charge on any atom is 3.00 e. The molecular formula is C21H24Cl3N4O4Tb+2. The zero-order chi connectivity index (χ0) is 22.4. The number of carbonyl (C=O) groups is 2. The molecule has 2 aromatic heterocycles. The zero-order valence-electron chi connectivity index (χ0n) is 17.5. The molecule has 1 aliphatic rings. The monoisotopic (exact) mass is 660 g/mol. The van der Waals surface area contributed by atoms with E-state index in [1.807, 2.05) is 0 Å². The molecule has 180 valence electrons. The van der Waals surface area contributed by atoms with Gasteiger partial charge in [-0.2, -0.15) is 12.8 Å². The number of nitrogens with zero attached hydrogens (tertiary/aromatic N) is 4. The third-order valence-electron chi connectivity index (χ3n) is 4.93. The predicted octanol–water partition coefficient (Wildman–Crippen LogP) is 3.90. The Hall–Kier alpha value is -0.684. The molecule has 0 unspecified atom stereocenters. The molecule has 3 heterocycles. The summed E-state index contributed by atoms with van der Waals surface area (Å²) in [5.74, 6) is -2.22. The third-order valence-corrected chi connectivity index (χ3v) is 5.36. The minimum Gasteiger partial charge on any atom is -0.477 e. The molecule has 3 rings (SSSR count). The normalized spacial score (nSPS) is 15.3. The van der Waals surface area contributed by atoms with Gasteiger partial charge in [0.05, 0.1) is 11.4 Å². The van der Waals surface area contributed by atoms with Crippen molar-refractivity contribution >= 4 is 47.5 Å². The maximum absolute atomic E-state index is 11.3. The molecule has 0 aliphatic carbocycles. The number of carboxylic acids is 2. The number of rotatable bonds is 6. The minimum atomic E-state index is -1.11. The average molecular weight is 662 g/mol. The van der Waals surface area contributed by atoms with Crippen LogP contribution in [0.2, 0.25) is 10.0 Å².